The molecule has 0 aliphatic carbocycles. The van der Waals surface area contributed by atoms with Crippen LogP contribution in [0.15, 0.2) is 46.4 Å². The number of morpholine rings is 1. The molecule has 172 valence electrons. The number of fused-ring (bicyclic) bond motifs is 2. The number of benzene rings is 2. The molecule has 2 aliphatic heterocycles. The SMILES string of the molecule is Cc1ccc(C)c(N=C2Sc3nc4c(C)c(C)ccc4cc3CN2CCN2CCOCC2)c1. The van der Waals surface area contributed by atoms with Crippen molar-refractivity contribution in [2.24, 2.45) is 4.99 Å². The summed E-state index contributed by atoms with van der Waals surface area (Å²) in [4.78, 5) is 15.2. The van der Waals surface area contributed by atoms with E-state index in [1.165, 1.54) is 33.2 Å². The fourth-order valence-corrected chi connectivity index (χ4v) is 5.43. The van der Waals surface area contributed by atoms with E-state index >= 15 is 0 Å². The third kappa shape index (κ3) is 4.79. The maximum absolute atomic E-state index is 5.53. The van der Waals surface area contributed by atoms with E-state index in [1.54, 1.807) is 11.8 Å². The third-order valence-electron chi connectivity index (χ3n) is 6.74. The van der Waals surface area contributed by atoms with Crippen molar-refractivity contribution in [2.45, 2.75) is 39.3 Å². The van der Waals surface area contributed by atoms with Gasteiger partial charge in [-0.2, -0.15) is 0 Å². The van der Waals surface area contributed by atoms with Gasteiger partial charge in [0, 0.05) is 43.7 Å². The van der Waals surface area contributed by atoms with Crippen LogP contribution in [0.3, 0.4) is 0 Å². The quantitative estimate of drug-likeness (QED) is 0.522. The summed E-state index contributed by atoms with van der Waals surface area (Å²) in [5, 5.41) is 3.35. The van der Waals surface area contributed by atoms with E-state index in [2.05, 4.69) is 73.9 Å². The summed E-state index contributed by atoms with van der Waals surface area (Å²) >= 11 is 1.71. The van der Waals surface area contributed by atoms with E-state index in [-0.39, 0.29) is 0 Å². The zero-order valence-corrected chi connectivity index (χ0v) is 20.8. The van der Waals surface area contributed by atoms with Gasteiger partial charge in [-0.3, -0.25) is 4.90 Å². The van der Waals surface area contributed by atoms with Gasteiger partial charge in [-0.1, -0.05) is 24.3 Å². The molecule has 3 heterocycles. The molecule has 1 saturated heterocycles. The van der Waals surface area contributed by atoms with Crippen molar-refractivity contribution in [1.82, 2.24) is 14.8 Å². The number of aryl methyl sites for hydroxylation is 4. The van der Waals surface area contributed by atoms with Crippen LogP contribution in [0.5, 0.6) is 0 Å². The number of amidine groups is 1. The fourth-order valence-electron chi connectivity index (χ4n) is 4.43. The van der Waals surface area contributed by atoms with Crippen LogP contribution in [0.2, 0.25) is 0 Å². The minimum Gasteiger partial charge on any atom is -0.379 e. The summed E-state index contributed by atoms with van der Waals surface area (Å²) < 4.78 is 5.53. The first-order chi connectivity index (χ1) is 16.0. The van der Waals surface area contributed by atoms with Crippen molar-refractivity contribution >= 4 is 33.5 Å². The minimum absolute atomic E-state index is 0.829. The molecule has 33 heavy (non-hydrogen) atoms. The van der Waals surface area contributed by atoms with Crippen molar-refractivity contribution in [3.05, 3.63) is 64.2 Å². The summed E-state index contributed by atoms with van der Waals surface area (Å²) in [5.41, 5.74) is 8.42. The highest BCUT2D eigenvalue weighted by Gasteiger charge is 2.25. The second kappa shape index (κ2) is 9.45. The van der Waals surface area contributed by atoms with Gasteiger partial charge in [-0.05, 0) is 73.8 Å². The van der Waals surface area contributed by atoms with Gasteiger partial charge in [-0.25, -0.2) is 9.98 Å². The van der Waals surface area contributed by atoms with E-state index in [0.717, 1.165) is 67.3 Å². The number of aliphatic imine (C=N–C) groups is 1. The Bertz CT molecular complexity index is 1220. The number of aromatic nitrogens is 1. The molecular weight excluding hydrogens is 428 g/mol. The monoisotopic (exact) mass is 460 g/mol. The van der Waals surface area contributed by atoms with Gasteiger partial charge < -0.3 is 9.64 Å². The number of hydrogen-bond donors (Lipinski definition) is 0. The second-order valence-electron chi connectivity index (χ2n) is 9.19. The second-order valence-corrected chi connectivity index (χ2v) is 10.1. The number of pyridine rings is 1. The lowest BCUT2D eigenvalue weighted by atomic mass is 10.0. The van der Waals surface area contributed by atoms with Crippen LogP contribution in [0.4, 0.5) is 5.69 Å². The Morgan fingerprint density at radius 3 is 2.58 bits per heavy atom. The lowest BCUT2D eigenvalue weighted by molar-refractivity contribution is 0.0358. The highest BCUT2D eigenvalue weighted by atomic mass is 32.2. The summed E-state index contributed by atoms with van der Waals surface area (Å²) in [6.07, 6.45) is 0. The Morgan fingerprint density at radius 1 is 0.970 bits per heavy atom. The third-order valence-corrected chi connectivity index (χ3v) is 7.82. The van der Waals surface area contributed by atoms with E-state index in [1.807, 2.05) is 0 Å². The topological polar surface area (TPSA) is 41.0 Å². The molecule has 3 aromatic rings. The van der Waals surface area contributed by atoms with Crippen LogP contribution in [-0.2, 0) is 11.3 Å². The van der Waals surface area contributed by atoms with Gasteiger partial charge in [0.15, 0.2) is 5.17 Å². The van der Waals surface area contributed by atoms with Crippen molar-refractivity contribution in [1.29, 1.82) is 0 Å². The van der Waals surface area contributed by atoms with Crippen LogP contribution in [0.25, 0.3) is 10.9 Å². The van der Waals surface area contributed by atoms with Gasteiger partial charge in [-0.15, -0.1) is 0 Å². The summed E-state index contributed by atoms with van der Waals surface area (Å²) in [5.74, 6) is 0. The highest BCUT2D eigenvalue weighted by molar-refractivity contribution is 8.13. The molecule has 0 bridgehead atoms. The largest absolute Gasteiger partial charge is 0.379 e. The number of rotatable bonds is 4. The zero-order chi connectivity index (χ0) is 22.9. The van der Waals surface area contributed by atoms with E-state index < -0.39 is 0 Å². The first kappa shape index (κ1) is 22.4. The highest BCUT2D eigenvalue weighted by Crippen LogP contribution is 2.36. The van der Waals surface area contributed by atoms with Gasteiger partial charge in [0.1, 0.15) is 5.03 Å². The summed E-state index contributed by atoms with van der Waals surface area (Å²) in [6, 6.07) is 13.2. The molecule has 0 saturated carbocycles. The normalized spacial score (nSPS) is 18.2. The molecule has 1 fully saturated rings. The molecule has 2 aliphatic rings. The minimum atomic E-state index is 0.829. The average molecular weight is 461 g/mol. The predicted molar refractivity (Wildman–Crippen MR) is 138 cm³/mol. The molecular formula is C27H32N4OS. The molecule has 0 spiro atoms. The average Bonchev–Trinajstić information content (AvgIpc) is 2.82. The molecule has 1 aromatic heterocycles. The molecule has 0 radical (unpaired) electrons. The summed E-state index contributed by atoms with van der Waals surface area (Å²) in [7, 11) is 0. The number of thioether (sulfide) groups is 1. The molecule has 0 atom stereocenters. The van der Waals surface area contributed by atoms with Crippen molar-refractivity contribution < 1.29 is 4.74 Å². The molecule has 0 N–H and O–H groups in total. The number of ether oxygens (including phenoxy) is 1. The van der Waals surface area contributed by atoms with Gasteiger partial charge in [0.25, 0.3) is 0 Å². The Balaban J connectivity index is 1.51. The maximum atomic E-state index is 5.53. The van der Waals surface area contributed by atoms with E-state index in [0.29, 0.717) is 0 Å². The Labute approximate surface area is 200 Å². The Kier molecular flexibility index (Phi) is 6.41. The maximum Gasteiger partial charge on any atom is 0.171 e. The van der Waals surface area contributed by atoms with Gasteiger partial charge in [0.05, 0.1) is 24.4 Å². The van der Waals surface area contributed by atoms with Crippen LogP contribution in [0, 0.1) is 27.7 Å². The van der Waals surface area contributed by atoms with Crippen LogP contribution < -0.4 is 0 Å². The number of nitrogens with zero attached hydrogens (tertiary/aromatic N) is 4. The van der Waals surface area contributed by atoms with Gasteiger partial charge >= 0.3 is 0 Å². The standard InChI is InChI=1S/C27H32N4OS/c1-18-5-6-20(3)24(15-18)28-27-31(10-9-30-11-13-32-14-12-30)17-23-16-22-8-7-19(2)21(4)25(22)29-26(23)33-27/h5-8,15-16H,9-14,17H2,1-4H3. The van der Waals surface area contributed by atoms with Crippen LogP contribution in [0.1, 0.15) is 27.8 Å². The van der Waals surface area contributed by atoms with Crippen molar-refractivity contribution in [3.63, 3.8) is 0 Å². The Hall–Kier alpha value is -2.41. The van der Waals surface area contributed by atoms with Gasteiger partial charge in [0.2, 0.25) is 0 Å². The molecule has 5 nitrogen and oxygen atoms in total. The molecule has 0 amide bonds. The zero-order valence-electron chi connectivity index (χ0n) is 20.0. The molecule has 5 rings (SSSR count). The lowest BCUT2D eigenvalue weighted by Gasteiger charge is -2.34. The fraction of sp³-hybridized carbons (Fsp3) is 0.407. The first-order valence-corrected chi connectivity index (χ1v) is 12.6. The Morgan fingerprint density at radius 2 is 1.76 bits per heavy atom. The molecule has 0 unspecified atom stereocenters. The van der Waals surface area contributed by atoms with E-state index in [9.17, 15) is 0 Å². The first-order valence-electron chi connectivity index (χ1n) is 11.8. The smallest absolute Gasteiger partial charge is 0.171 e. The van der Waals surface area contributed by atoms with Crippen molar-refractivity contribution in [2.75, 3.05) is 39.4 Å². The summed E-state index contributed by atoms with van der Waals surface area (Å²) in [6.45, 7) is 15.1. The van der Waals surface area contributed by atoms with E-state index in [4.69, 9.17) is 14.7 Å². The molecule has 2 aromatic carbocycles. The van der Waals surface area contributed by atoms with Crippen molar-refractivity contribution in [3.8, 4) is 0 Å². The molecule has 6 heteroatoms. The van der Waals surface area contributed by atoms with Crippen LogP contribution >= 0.6 is 11.8 Å². The number of hydrogen-bond acceptors (Lipinski definition) is 5. The van der Waals surface area contributed by atoms with Crippen LogP contribution in [-0.4, -0.2) is 59.3 Å². The lowest BCUT2D eigenvalue weighted by Crippen LogP contribution is -2.43. The predicted octanol–water partition coefficient (Wildman–Crippen LogP) is 5.40.